The number of hydrogen-bond donors (Lipinski definition) is 3. The lowest BCUT2D eigenvalue weighted by Gasteiger charge is -2.11. The second-order valence-electron chi connectivity index (χ2n) is 3.88. The van der Waals surface area contributed by atoms with Crippen molar-refractivity contribution in [2.75, 3.05) is 19.8 Å². The van der Waals surface area contributed by atoms with Crippen LogP contribution in [0.5, 0.6) is 5.75 Å². The van der Waals surface area contributed by atoms with Gasteiger partial charge in [0.1, 0.15) is 17.4 Å². The van der Waals surface area contributed by atoms with Crippen LogP contribution in [-0.4, -0.2) is 38.7 Å². The van der Waals surface area contributed by atoms with Crippen molar-refractivity contribution < 1.29 is 22.5 Å². The van der Waals surface area contributed by atoms with Crippen LogP contribution >= 0.6 is 0 Å². The van der Waals surface area contributed by atoms with Crippen molar-refractivity contribution in [3.05, 3.63) is 23.8 Å². The van der Waals surface area contributed by atoms with Crippen molar-refractivity contribution in [2.24, 2.45) is 0 Å². The highest BCUT2D eigenvalue weighted by Crippen LogP contribution is 2.22. The highest BCUT2D eigenvalue weighted by Gasteiger charge is 2.21. The fraction of sp³-hybridized carbons (Fsp3) is 0.417. The van der Waals surface area contributed by atoms with Gasteiger partial charge in [-0.25, -0.2) is 0 Å². The van der Waals surface area contributed by atoms with Gasteiger partial charge in [-0.15, -0.1) is 0 Å². The first-order valence-corrected chi connectivity index (χ1v) is 7.57. The molecule has 0 unspecified atom stereocenters. The number of amides is 1. The third-order valence-corrected chi connectivity index (χ3v) is 3.30. The Kier molecular flexibility index (Phi) is 5.93. The van der Waals surface area contributed by atoms with Crippen LogP contribution in [0, 0.1) is 0 Å². The summed E-state index contributed by atoms with van der Waals surface area (Å²) in [7, 11) is -4.51. The Labute approximate surface area is 118 Å². The Balaban J connectivity index is 3.11. The zero-order valence-corrected chi connectivity index (χ0v) is 12.2. The van der Waals surface area contributed by atoms with Gasteiger partial charge in [-0.3, -0.25) is 14.7 Å². The smallest absolute Gasteiger partial charge is 0.295 e. The molecule has 0 saturated carbocycles. The molecule has 1 aromatic rings. The Morgan fingerprint density at radius 2 is 2.00 bits per heavy atom. The number of ether oxygens (including phenoxy) is 1. The normalized spacial score (nSPS) is 11.2. The fourth-order valence-electron chi connectivity index (χ4n) is 1.49. The molecule has 3 N–H and O–H groups in total. The third-order valence-electron chi connectivity index (χ3n) is 2.40. The van der Waals surface area contributed by atoms with Crippen molar-refractivity contribution >= 4 is 16.0 Å². The van der Waals surface area contributed by atoms with Gasteiger partial charge < -0.3 is 10.1 Å². The van der Waals surface area contributed by atoms with E-state index < -0.39 is 20.9 Å². The van der Waals surface area contributed by atoms with Crippen LogP contribution in [0.2, 0.25) is 0 Å². The van der Waals surface area contributed by atoms with E-state index in [4.69, 9.17) is 4.74 Å². The largest absolute Gasteiger partial charge is 0.478 e. The molecule has 0 aromatic heterocycles. The molecule has 0 heterocycles. The van der Waals surface area contributed by atoms with Crippen molar-refractivity contribution in [2.45, 2.75) is 18.7 Å². The molecule has 1 aromatic carbocycles. The summed E-state index contributed by atoms with van der Waals surface area (Å²) in [6, 6.07) is 3.89. The van der Waals surface area contributed by atoms with E-state index in [0.29, 0.717) is 13.1 Å². The molecule has 0 atom stereocenters. The van der Waals surface area contributed by atoms with Gasteiger partial charge in [0.05, 0.1) is 5.56 Å². The topological polar surface area (TPSA) is 105 Å². The maximum Gasteiger partial charge on any atom is 0.295 e. The summed E-state index contributed by atoms with van der Waals surface area (Å²) < 4.78 is 37.2. The molecule has 1 amide bonds. The van der Waals surface area contributed by atoms with Crippen molar-refractivity contribution in [1.82, 2.24) is 10.6 Å². The first kappa shape index (κ1) is 16.4. The summed E-state index contributed by atoms with van der Waals surface area (Å²) in [4.78, 5) is 11.3. The van der Waals surface area contributed by atoms with Gasteiger partial charge in [0.25, 0.3) is 16.0 Å². The Morgan fingerprint density at radius 1 is 1.30 bits per heavy atom. The fourth-order valence-corrected chi connectivity index (χ4v) is 2.19. The minimum atomic E-state index is -4.51. The molecule has 20 heavy (non-hydrogen) atoms. The molecule has 0 fully saturated rings. The van der Waals surface area contributed by atoms with Gasteiger partial charge in [-0.1, -0.05) is 6.92 Å². The first-order chi connectivity index (χ1) is 9.40. The summed E-state index contributed by atoms with van der Waals surface area (Å²) in [5, 5.41) is 5.38. The van der Waals surface area contributed by atoms with Crippen LogP contribution in [0.1, 0.15) is 24.2 Å². The second-order valence-corrected chi connectivity index (χ2v) is 5.27. The standard InChI is InChI=1S/C12H18N2O5S/c1-3-13-8-19-9-5-6-10(12(15)14-4-2)11(7-9)20(16,17)18/h5-7,13H,3-4,8H2,1-2H3,(H,14,15)(H,16,17,18). The van der Waals surface area contributed by atoms with Gasteiger partial charge >= 0.3 is 0 Å². The Morgan fingerprint density at radius 3 is 2.55 bits per heavy atom. The predicted molar refractivity (Wildman–Crippen MR) is 73.4 cm³/mol. The molecule has 0 aliphatic heterocycles. The van der Waals surface area contributed by atoms with Crippen LogP contribution in [0.25, 0.3) is 0 Å². The Hall–Kier alpha value is -1.64. The van der Waals surface area contributed by atoms with Gasteiger partial charge in [0.15, 0.2) is 0 Å². The zero-order chi connectivity index (χ0) is 15.2. The van der Waals surface area contributed by atoms with Crippen LogP contribution in [-0.2, 0) is 10.1 Å². The second kappa shape index (κ2) is 7.22. The van der Waals surface area contributed by atoms with Crippen LogP contribution in [0.4, 0.5) is 0 Å². The first-order valence-electron chi connectivity index (χ1n) is 6.13. The maximum absolute atomic E-state index is 11.7. The lowest BCUT2D eigenvalue weighted by Crippen LogP contribution is -2.25. The number of carbonyl (C=O) groups excluding carboxylic acids is 1. The molecule has 0 bridgehead atoms. The highest BCUT2D eigenvalue weighted by molar-refractivity contribution is 7.86. The van der Waals surface area contributed by atoms with Crippen LogP contribution < -0.4 is 15.4 Å². The molecular formula is C12H18N2O5S. The van der Waals surface area contributed by atoms with Gasteiger partial charge in [0.2, 0.25) is 0 Å². The van der Waals surface area contributed by atoms with E-state index in [1.807, 2.05) is 6.92 Å². The van der Waals surface area contributed by atoms with Crippen molar-refractivity contribution in [3.8, 4) is 5.75 Å². The molecule has 1 rings (SSSR count). The number of nitrogens with one attached hydrogen (secondary N) is 2. The van der Waals surface area contributed by atoms with E-state index >= 15 is 0 Å². The summed E-state index contributed by atoms with van der Waals surface area (Å²) in [5.41, 5.74) is -0.120. The van der Waals surface area contributed by atoms with E-state index in [0.717, 1.165) is 6.07 Å². The summed E-state index contributed by atoms with van der Waals surface area (Å²) in [5.74, 6) is -0.329. The lowest BCUT2D eigenvalue weighted by atomic mass is 10.2. The average molecular weight is 302 g/mol. The van der Waals surface area contributed by atoms with Gasteiger partial charge in [0, 0.05) is 12.6 Å². The van der Waals surface area contributed by atoms with E-state index in [-0.39, 0.29) is 18.0 Å². The molecule has 0 aliphatic rings. The van der Waals surface area contributed by atoms with E-state index in [9.17, 15) is 17.8 Å². The number of rotatable bonds is 7. The molecule has 112 valence electrons. The van der Waals surface area contributed by atoms with Crippen LogP contribution in [0.3, 0.4) is 0 Å². The minimum absolute atomic E-state index is 0.120. The van der Waals surface area contributed by atoms with Gasteiger partial charge in [-0.05, 0) is 25.6 Å². The maximum atomic E-state index is 11.7. The SMILES string of the molecule is CCNCOc1ccc(C(=O)NCC)c(S(=O)(=O)O)c1. The minimum Gasteiger partial charge on any atom is -0.478 e. The third kappa shape index (κ3) is 4.48. The molecule has 7 nitrogen and oxygen atoms in total. The number of hydrogen-bond acceptors (Lipinski definition) is 5. The summed E-state index contributed by atoms with van der Waals surface area (Å²) in [6.07, 6.45) is 0. The molecule has 8 heteroatoms. The zero-order valence-electron chi connectivity index (χ0n) is 11.3. The number of carbonyl (C=O) groups is 1. The van der Waals surface area contributed by atoms with Crippen molar-refractivity contribution in [3.63, 3.8) is 0 Å². The van der Waals surface area contributed by atoms with E-state index in [1.54, 1.807) is 6.92 Å². The van der Waals surface area contributed by atoms with Gasteiger partial charge in [-0.2, -0.15) is 8.42 Å². The molecule has 0 spiro atoms. The van der Waals surface area contributed by atoms with E-state index in [1.165, 1.54) is 12.1 Å². The van der Waals surface area contributed by atoms with Crippen LogP contribution in [0.15, 0.2) is 23.1 Å². The summed E-state index contributed by atoms with van der Waals surface area (Å²) in [6.45, 7) is 4.84. The summed E-state index contributed by atoms with van der Waals surface area (Å²) >= 11 is 0. The highest BCUT2D eigenvalue weighted by atomic mass is 32.2. The molecule has 0 aliphatic carbocycles. The molecular weight excluding hydrogens is 284 g/mol. The average Bonchev–Trinajstić information content (AvgIpc) is 2.38. The quantitative estimate of drug-likeness (QED) is 0.387. The molecule has 0 radical (unpaired) electrons. The van der Waals surface area contributed by atoms with Crippen molar-refractivity contribution in [1.29, 1.82) is 0 Å². The number of benzene rings is 1. The molecule has 0 saturated heterocycles. The predicted octanol–water partition coefficient (Wildman–Crippen LogP) is 0.629. The van der Waals surface area contributed by atoms with E-state index in [2.05, 4.69) is 10.6 Å². The lowest BCUT2D eigenvalue weighted by molar-refractivity contribution is 0.0952. The monoisotopic (exact) mass is 302 g/mol. The Bertz CT molecular complexity index is 571.